The predicted molar refractivity (Wildman–Crippen MR) is 62.6 cm³/mol. The van der Waals surface area contributed by atoms with E-state index in [-0.39, 0.29) is 17.4 Å². The largest absolute Gasteiger partial charge is 0.490 e. The zero-order chi connectivity index (χ0) is 15.8. The van der Waals surface area contributed by atoms with Gasteiger partial charge in [-0.1, -0.05) is 12.1 Å². The molecule has 0 aromatic heterocycles. The van der Waals surface area contributed by atoms with Gasteiger partial charge < -0.3 is 10.5 Å². The summed E-state index contributed by atoms with van der Waals surface area (Å²) < 4.78 is 81.2. The lowest BCUT2D eigenvalue weighted by atomic mass is 9.92. The van der Waals surface area contributed by atoms with E-state index in [0.29, 0.717) is 0 Å². The first-order valence-electron chi connectivity index (χ1n) is 6.24. The standard InChI is InChI=1S/C13H13F6NO/c14-12(15,16)11(13(17,18)19)10(20)7-2-1-3-9(6-7)21-8-4-5-8/h1-3,6,8,10-11H,4-5,20H2. The highest BCUT2D eigenvalue weighted by Crippen LogP contribution is 2.45. The van der Waals surface area contributed by atoms with Crippen LogP contribution < -0.4 is 10.5 Å². The van der Waals surface area contributed by atoms with E-state index in [9.17, 15) is 26.3 Å². The zero-order valence-electron chi connectivity index (χ0n) is 10.7. The molecule has 1 aromatic carbocycles. The van der Waals surface area contributed by atoms with Gasteiger partial charge in [-0.25, -0.2) is 0 Å². The van der Waals surface area contributed by atoms with Crippen molar-refractivity contribution in [1.82, 2.24) is 0 Å². The molecular formula is C13H13F6NO. The molecule has 1 aromatic rings. The molecule has 2 N–H and O–H groups in total. The Bertz CT molecular complexity index is 480. The van der Waals surface area contributed by atoms with Crippen LogP contribution in [0.2, 0.25) is 0 Å². The Morgan fingerprint density at radius 1 is 1.05 bits per heavy atom. The monoisotopic (exact) mass is 313 g/mol. The fourth-order valence-corrected chi connectivity index (χ4v) is 1.96. The van der Waals surface area contributed by atoms with Gasteiger partial charge in [0.25, 0.3) is 0 Å². The van der Waals surface area contributed by atoms with Gasteiger partial charge in [0, 0.05) is 0 Å². The van der Waals surface area contributed by atoms with E-state index in [4.69, 9.17) is 10.5 Å². The van der Waals surface area contributed by atoms with E-state index in [1.807, 2.05) is 0 Å². The number of alkyl halides is 6. The Balaban J connectivity index is 2.25. The SMILES string of the molecule is NC(c1cccc(OC2CC2)c1)C(C(F)(F)F)C(F)(F)F. The molecule has 0 spiro atoms. The van der Waals surface area contributed by atoms with Crippen molar-refractivity contribution in [2.45, 2.75) is 37.3 Å². The summed E-state index contributed by atoms with van der Waals surface area (Å²) in [5.41, 5.74) is 4.97. The molecular weight excluding hydrogens is 300 g/mol. The van der Waals surface area contributed by atoms with Crippen LogP contribution in [0.3, 0.4) is 0 Å². The van der Waals surface area contributed by atoms with Crippen LogP contribution >= 0.6 is 0 Å². The smallest absolute Gasteiger partial charge is 0.402 e. The van der Waals surface area contributed by atoms with Crippen molar-refractivity contribution in [3.63, 3.8) is 0 Å². The summed E-state index contributed by atoms with van der Waals surface area (Å²) in [6, 6.07) is 2.84. The Kier molecular flexibility index (Phi) is 4.10. The maximum atomic E-state index is 12.6. The molecule has 0 amide bonds. The highest BCUT2D eigenvalue weighted by molar-refractivity contribution is 5.31. The van der Waals surface area contributed by atoms with Crippen LogP contribution in [0.25, 0.3) is 0 Å². The van der Waals surface area contributed by atoms with Crippen LogP contribution in [0.15, 0.2) is 24.3 Å². The van der Waals surface area contributed by atoms with Gasteiger partial charge in [-0.3, -0.25) is 0 Å². The summed E-state index contributed by atoms with van der Waals surface area (Å²) in [7, 11) is 0. The number of benzene rings is 1. The Hall–Kier alpha value is -1.44. The fraction of sp³-hybridized carbons (Fsp3) is 0.538. The van der Waals surface area contributed by atoms with Gasteiger partial charge in [-0.05, 0) is 30.5 Å². The van der Waals surface area contributed by atoms with E-state index < -0.39 is 24.3 Å². The first-order chi connectivity index (χ1) is 9.59. The number of hydrogen-bond donors (Lipinski definition) is 1. The van der Waals surface area contributed by atoms with Crippen LogP contribution in [0.4, 0.5) is 26.3 Å². The Morgan fingerprint density at radius 2 is 1.62 bits per heavy atom. The van der Waals surface area contributed by atoms with Crippen LogP contribution in [0.1, 0.15) is 24.4 Å². The molecule has 0 saturated heterocycles. The van der Waals surface area contributed by atoms with Crippen LogP contribution in [-0.2, 0) is 0 Å². The molecule has 8 heteroatoms. The third-order valence-corrected chi connectivity index (χ3v) is 3.13. The number of hydrogen-bond acceptors (Lipinski definition) is 2. The molecule has 118 valence electrons. The molecule has 0 heterocycles. The molecule has 2 rings (SSSR count). The second-order valence-electron chi connectivity index (χ2n) is 4.98. The summed E-state index contributed by atoms with van der Waals surface area (Å²) >= 11 is 0. The quantitative estimate of drug-likeness (QED) is 0.854. The fourth-order valence-electron chi connectivity index (χ4n) is 1.96. The Labute approximate surface area is 116 Å². The molecule has 2 nitrogen and oxygen atoms in total. The highest BCUT2D eigenvalue weighted by atomic mass is 19.4. The van der Waals surface area contributed by atoms with Gasteiger partial charge in [0.05, 0.1) is 12.1 Å². The van der Waals surface area contributed by atoms with Crippen molar-refractivity contribution in [2.24, 2.45) is 11.7 Å². The molecule has 1 unspecified atom stereocenters. The molecule has 1 atom stereocenters. The third-order valence-electron chi connectivity index (χ3n) is 3.13. The predicted octanol–water partition coefficient (Wildman–Crippen LogP) is 3.97. The molecule has 1 aliphatic carbocycles. The molecule has 1 saturated carbocycles. The lowest BCUT2D eigenvalue weighted by Gasteiger charge is -2.28. The van der Waals surface area contributed by atoms with E-state index >= 15 is 0 Å². The second-order valence-corrected chi connectivity index (χ2v) is 4.98. The van der Waals surface area contributed by atoms with Gasteiger partial charge >= 0.3 is 12.4 Å². The van der Waals surface area contributed by atoms with Gasteiger partial charge in [0.2, 0.25) is 0 Å². The maximum Gasteiger partial charge on any atom is 0.402 e. The first-order valence-corrected chi connectivity index (χ1v) is 6.24. The Morgan fingerprint density at radius 3 is 2.10 bits per heavy atom. The van der Waals surface area contributed by atoms with E-state index in [1.54, 1.807) is 0 Å². The molecule has 0 bridgehead atoms. The first kappa shape index (κ1) is 15.9. The van der Waals surface area contributed by atoms with Crippen molar-refractivity contribution in [3.8, 4) is 5.75 Å². The summed E-state index contributed by atoms with van der Waals surface area (Å²) in [6.45, 7) is 0. The second kappa shape index (κ2) is 5.40. The number of halogens is 6. The van der Waals surface area contributed by atoms with Gasteiger partial charge in [-0.2, -0.15) is 26.3 Å². The lowest BCUT2D eigenvalue weighted by molar-refractivity contribution is -0.290. The van der Waals surface area contributed by atoms with Gasteiger partial charge in [-0.15, -0.1) is 0 Å². The average Bonchev–Trinajstić information content (AvgIpc) is 3.09. The summed E-state index contributed by atoms with van der Waals surface area (Å²) in [5, 5.41) is 0. The van der Waals surface area contributed by atoms with E-state index in [2.05, 4.69) is 0 Å². The molecule has 0 radical (unpaired) electrons. The van der Waals surface area contributed by atoms with Crippen molar-refractivity contribution in [3.05, 3.63) is 29.8 Å². The number of nitrogens with two attached hydrogens (primary N) is 1. The summed E-state index contributed by atoms with van der Waals surface area (Å²) in [4.78, 5) is 0. The van der Waals surface area contributed by atoms with E-state index in [1.165, 1.54) is 12.1 Å². The van der Waals surface area contributed by atoms with Crippen molar-refractivity contribution >= 4 is 0 Å². The normalized spacial score (nSPS) is 17.9. The van der Waals surface area contributed by atoms with Crippen molar-refractivity contribution < 1.29 is 31.1 Å². The lowest BCUT2D eigenvalue weighted by Crippen LogP contribution is -2.43. The minimum Gasteiger partial charge on any atom is -0.490 e. The molecule has 0 aliphatic heterocycles. The highest BCUT2D eigenvalue weighted by Gasteiger charge is 2.59. The third kappa shape index (κ3) is 4.03. The molecule has 1 aliphatic rings. The number of ether oxygens (including phenoxy) is 1. The zero-order valence-corrected chi connectivity index (χ0v) is 10.7. The van der Waals surface area contributed by atoms with Crippen molar-refractivity contribution in [1.29, 1.82) is 0 Å². The maximum absolute atomic E-state index is 12.6. The topological polar surface area (TPSA) is 35.2 Å². The van der Waals surface area contributed by atoms with E-state index in [0.717, 1.165) is 25.0 Å². The van der Waals surface area contributed by atoms with Gasteiger partial charge in [0.15, 0.2) is 5.92 Å². The molecule has 21 heavy (non-hydrogen) atoms. The summed E-state index contributed by atoms with van der Waals surface area (Å²) in [5.74, 6) is -3.38. The number of rotatable bonds is 4. The average molecular weight is 313 g/mol. The minimum atomic E-state index is -5.47. The summed E-state index contributed by atoms with van der Waals surface area (Å²) in [6.07, 6.45) is -9.30. The van der Waals surface area contributed by atoms with Crippen LogP contribution in [-0.4, -0.2) is 18.5 Å². The van der Waals surface area contributed by atoms with Crippen molar-refractivity contribution in [2.75, 3.05) is 0 Å². The minimum absolute atomic E-state index is 0.0162. The van der Waals surface area contributed by atoms with Crippen LogP contribution in [0, 0.1) is 5.92 Å². The van der Waals surface area contributed by atoms with Gasteiger partial charge in [0.1, 0.15) is 5.75 Å². The van der Waals surface area contributed by atoms with Crippen LogP contribution in [0.5, 0.6) is 5.75 Å². The molecule has 1 fully saturated rings.